The summed E-state index contributed by atoms with van der Waals surface area (Å²) in [6.07, 6.45) is 8.65. The Morgan fingerprint density at radius 2 is 1.91 bits per heavy atom. The van der Waals surface area contributed by atoms with E-state index in [2.05, 4.69) is 64.1 Å². The number of hydrogen-bond acceptors (Lipinski definition) is 10. The molecule has 0 bridgehead atoms. The first-order valence-electron chi connectivity index (χ1n) is 14.1. The van der Waals surface area contributed by atoms with E-state index in [9.17, 15) is 0 Å². The normalized spacial score (nSPS) is 14.9. The van der Waals surface area contributed by atoms with Crippen LogP contribution in [0.2, 0.25) is 0 Å². The number of benzene rings is 1. The maximum Gasteiger partial charge on any atom is 0.140 e. The van der Waals surface area contributed by atoms with Gasteiger partial charge >= 0.3 is 0 Å². The number of nitrogens with two attached hydrogens (primary N) is 1. The standard InChI is InChI=1S/C31H37N11O/c1-23(39-34-3)41-12-10-40(11-13-41)14-15-43-27-8-9-42-29(21-36-31(42)16-27)28-17-30(38-22-37-28)35-19-24-4-6-25(7-5-24)26(18-32)20-33-2/h4-9,16-18,20-22H,3,10-15,19,32H2,1-2H3,(H,35,37,38)/b26-18+,33-20?,39-23-. The minimum Gasteiger partial charge on any atom is -0.492 e. The van der Waals surface area contributed by atoms with E-state index in [0.717, 1.165) is 83.9 Å². The number of nitrogens with one attached hydrogen (secondary N) is 1. The number of anilines is 1. The molecule has 1 aliphatic heterocycles. The van der Waals surface area contributed by atoms with Gasteiger partial charge in [-0.3, -0.25) is 14.3 Å². The largest absolute Gasteiger partial charge is 0.492 e. The van der Waals surface area contributed by atoms with Gasteiger partial charge in [-0.15, -0.1) is 5.10 Å². The van der Waals surface area contributed by atoms with Crippen molar-refractivity contribution in [3.8, 4) is 17.1 Å². The highest BCUT2D eigenvalue weighted by molar-refractivity contribution is 6.09. The highest BCUT2D eigenvalue weighted by Gasteiger charge is 2.18. The van der Waals surface area contributed by atoms with Crippen molar-refractivity contribution in [2.24, 2.45) is 20.9 Å². The summed E-state index contributed by atoms with van der Waals surface area (Å²) in [5.74, 6) is 2.42. The topological polar surface area (TPSA) is 134 Å². The third-order valence-corrected chi connectivity index (χ3v) is 7.34. The number of allylic oxidation sites excluding steroid dienone is 1. The van der Waals surface area contributed by atoms with Crippen molar-refractivity contribution in [3.63, 3.8) is 0 Å². The van der Waals surface area contributed by atoms with E-state index in [4.69, 9.17) is 10.5 Å². The smallest absolute Gasteiger partial charge is 0.140 e. The molecule has 4 heterocycles. The third-order valence-electron chi connectivity index (χ3n) is 7.34. The van der Waals surface area contributed by atoms with Gasteiger partial charge in [0.15, 0.2) is 0 Å². The molecule has 0 saturated carbocycles. The second-order valence-electron chi connectivity index (χ2n) is 10.0. The maximum atomic E-state index is 6.07. The Balaban J connectivity index is 1.16. The lowest BCUT2D eigenvalue weighted by atomic mass is 10.1. The Morgan fingerprint density at radius 1 is 1.09 bits per heavy atom. The first kappa shape index (κ1) is 29.4. The molecule has 12 nitrogen and oxygen atoms in total. The van der Waals surface area contributed by atoms with Crippen LogP contribution in [0.5, 0.6) is 5.75 Å². The lowest BCUT2D eigenvalue weighted by Gasteiger charge is -2.35. The minimum absolute atomic E-state index is 0.604. The average Bonchev–Trinajstić information content (AvgIpc) is 3.47. The zero-order chi connectivity index (χ0) is 30.0. The number of imidazole rings is 1. The highest BCUT2D eigenvalue weighted by atomic mass is 16.5. The van der Waals surface area contributed by atoms with Crippen LogP contribution in [0.1, 0.15) is 18.1 Å². The number of aliphatic imine (C=N–C) groups is 1. The summed E-state index contributed by atoms with van der Waals surface area (Å²) in [6, 6.07) is 14.0. The van der Waals surface area contributed by atoms with Gasteiger partial charge in [0.1, 0.15) is 36.0 Å². The van der Waals surface area contributed by atoms with Crippen LogP contribution < -0.4 is 15.8 Å². The summed E-state index contributed by atoms with van der Waals surface area (Å²) in [5.41, 5.74) is 11.2. The Bertz CT molecular complexity index is 1620. The van der Waals surface area contributed by atoms with Gasteiger partial charge in [-0.25, -0.2) is 15.0 Å². The van der Waals surface area contributed by atoms with Crippen molar-refractivity contribution in [2.75, 3.05) is 51.7 Å². The van der Waals surface area contributed by atoms with E-state index in [1.54, 1.807) is 25.8 Å². The number of rotatable bonds is 11. The summed E-state index contributed by atoms with van der Waals surface area (Å²) >= 11 is 0. The van der Waals surface area contributed by atoms with Gasteiger partial charge in [0.2, 0.25) is 0 Å². The Labute approximate surface area is 251 Å². The van der Waals surface area contributed by atoms with E-state index in [1.807, 2.05) is 54.0 Å². The van der Waals surface area contributed by atoms with E-state index in [1.165, 1.54) is 0 Å². The number of ether oxygens (including phenoxy) is 1. The van der Waals surface area contributed by atoms with E-state index < -0.39 is 0 Å². The number of hydrogen-bond donors (Lipinski definition) is 2. The number of piperazine rings is 1. The van der Waals surface area contributed by atoms with Gasteiger partial charge < -0.3 is 20.7 Å². The van der Waals surface area contributed by atoms with Crippen molar-refractivity contribution in [3.05, 3.63) is 78.5 Å². The third kappa shape index (κ3) is 7.41. The monoisotopic (exact) mass is 579 g/mol. The summed E-state index contributed by atoms with van der Waals surface area (Å²) in [7, 11) is 1.73. The van der Waals surface area contributed by atoms with Gasteiger partial charge in [0, 0.05) is 89.4 Å². The van der Waals surface area contributed by atoms with Crippen LogP contribution in [-0.4, -0.2) is 94.3 Å². The Hall–Kier alpha value is -5.10. The number of aromatic nitrogens is 4. The summed E-state index contributed by atoms with van der Waals surface area (Å²) in [6.45, 7) is 11.2. The summed E-state index contributed by atoms with van der Waals surface area (Å²) in [5, 5.41) is 11.1. The Kier molecular flexibility index (Phi) is 9.70. The first-order chi connectivity index (χ1) is 21.1. The molecule has 5 rings (SSSR count). The first-order valence-corrected chi connectivity index (χ1v) is 14.1. The molecular formula is C31H37N11O. The van der Waals surface area contributed by atoms with Crippen LogP contribution in [-0.2, 0) is 6.54 Å². The molecule has 1 aliphatic rings. The zero-order valence-corrected chi connectivity index (χ0v) is 24.6. The molecule has 3 aromatic heterocycles. The fourth-order valence-electron chi connectivity index (χ4n) is 4.95. The lowest BCUT2D eigenvalue weighted by molar-refractivity contribution is 0.154. The minimum atomic E-state index is 0.604. The van der Waals surface area contributed by atoms with Crippen molar-refractivity contribution in [1.29, 1.82) is 0 Å². The molecule has 0 unspecified atom stereocenters. The molecule has 3 N–H and O–H groups in total. The summed E-state index contributed by atoms with van der Waals surface area (Å²) < 4.78 is 8.07. The molecule has 0 spiro atoms. The van der Waals surface area contributed by atoms with Gasteiger partial charge in [0.05, 0.1) is 17.6 Å². The van der Waals surface area contributed by atoms with Crippen LogP contribution in [0.15, 0.2) is 82.6 Å². The maximum absolute atomic E-state index is 6.07. The highest BCUT2D eigenvalue weighted by Crippen LogP contribution is 2.23. The van der Waals surface area contributed by atoms with Gasteiger partial charge in [-0.05, 0) is 24.1 Å². The van der Waals surface area contributed by atoms with Crippen molar-refractivity contribution in [2.45, 2.75) is 13.5 Å². The second kappa shape index (κ2) is 14.2. The predicted molar refractivity (Wildman–Crippen MR) is 173 cm³/mol. The number of pyridine rings is 1. The van der Waals surface area contributed by atoms with Crippen LogP contribution in [0.25, 0.3) is 22.6 Å². The molecule has 1 saturated heterocycles. The van der Waals surface area contributed by atoms with E-state index in [0.29, 0.717) is 13.2 Å². The molecular weight excluding hydrogens is 542 g/mol. The van der Waals surface area contributed by atoms with Gasteiger partial charge in [-0.2, -0.15) is 5.10 Å². The quantitative estimate of drug-likeness (QED) is 0.157. The lowest BCUT2D eigenvalue weighted by Crippen LogP contribution is -2.48. The average molecular weight is 580 g/mol. The Morgan fingerprint density at radius 3 is 2.65 bits per heavy atom. The molecule has 12 heteroatoms. The van der Waals surface area contributed by atoms with Crippen LogP contribution in [0, 0.1) is 0 Å². The van der Waals surface area contributed by atoms with Crippen molar-refractivity contribution < 1.29 is 4.74 Å². The molecule has 0 radical (unpaired) electrons. The van der Waals surface area contributed by atoms with E-state index >= 15 is 0 Å². The number of nitrogens with zero attached hydrogens (tertiary/aromatic N) is 9. The van der Waals surface area contributed by atoms with Gasteiger partial charge in [-0.1, -0.05) is 24.3 Å². The number of amidine groups is 1. The molecule has 43 heavy (non-hydrogen) atoms. The second-order valence-corrected chi connectivity index (χ2v) is 10.0. The van der Waals surface area contributed by atoms with Crippen LogP contribution in [0.3, 0.4) is 0 Å². The molecule has 0 aliphatic carbocycles. The van der Waals surface area contributed by atoms with Crippen LogP contribution >= 0.6 is 0 Å². The van der Waals surface area contributed by atoms with Crippen LogP contribution in [0.4, 0.5) is 5.82 Å². The summed E-state index contributed by atoms with van der Waals surface area (Å²) in [4.78, 5) is 22.2. The van der Waals surface area contributed by atoms with Crippen molar-refractivity contribution in [1.82, 2.24) is 29.2 Å². The van der Waals surface area contributed by atoms with Crippen molar-refractivity contribution >= 4 is 35.8 Å². The molecule has 4 aromatic rings. The number of fused-ring (bicyclic) bond motifs is 1. The van der Waals surface area contributed by atoms with Gasteiger partial charge in [0.25, 0.3) is 0 Å². The fraction of sp³-hybridized carbons (Fsp3) is 0.290. The molecule has 0 atom stereocenters. The molecule has 222 valence electrons. The molecule has 1 aromatic carbocycles. The predicted octanol–water partition coefficient (Wildman–Crippen LogP) is 3.43. The van der Waals surface area contributed by atoms with E-state index in [-0.39, 0.29) is 0 Å². The molecule has 1 fully saturated rings. The fourth-order valence-corrected chi connectivity index (χ4v) is 4.95. The molecule has 0 amide bonds. The SMILES string of the molecule is C=N/N=C(/C)N1CCN(CCOc2ccn3c(-c4cc(NCc5ccc(/C(C=NC)=C/N)cc5)ncn4)cnc3c2)CC1. The zero-order valence-electron chi connectivity index (χ0n) is 24.6.